The van der Waals surface area contributed by atoms with Crippen molar-refractivity contribution < 1.29 is 97.7 Å². The minimum atomic E-state index is -1.91. The smallest absolute Gasteiger partial charge is 0.546 e. The van der Waals surface area contributed by atoms with Crippen molar-refractivity contribution in [1.29, 1.82) is 0 Å². The minimum absolute atomic E-state index is 0. The summed E-state index contributed by atoms with van der Waals surface area (Å²) in [6.45, 7) is 2.32. The number of rotatable bonds is 10. The van der Waals surface area contributed by atoms with Crippen LogP contribution in [-0.2, 0) is 24.0 Å². The van der Waals surface area contributed by atoms with Crippen molar-refractivity contribution >= 4 is 90.9 Å². The number of halogens is 1. The Morgan fingerprint density at radius 2 is 1.96 bits per heavy atom. The number of fused-ring (bicyclic) bond motifs is 2. The van der Waals surface area contributed by atoms with Crippen LogP contribution < -0.4 is 85.8 Å². The second-order valence-corrected chi connectivity index (χ2v) is 14.2. The van der Waals surface area contributed by atoms with Crippen molar-refractivity contribution in [2.75, 3.05) is 17.2 Å². The Hall–Kier alpha value is -2.00. The summed E-state index contributed by atoms with van der Waals surface area (Å²) >= 11 is 4.53. The molecule has 13 nitrogen and oxygen atoms in total. The Morgan fingerprint density at radius 3 is 2.59 bits per heavy atom. The molecule has 46 heavy (non-hydrogen) atoms. The molecule has 3 aromatic rings. The van der Waals surface area contributed by atoms with Crippen LogP contribution in [0, 0.1) is 5.82 Å². The molecule has 0 bridgehead atoms. The minimum Gasteiger partial charge on any atom is -0.546 e. The summed E-state index contributed by atoms with van der Waals surface area (Å²) in [5.74, 6) is -5.07. The summed E-state index contributed by atoms with van der Waals surface area (Å²) in [6.07, 6.45) is 0. The van der Waals surface area contributed by atoms with Crippen LogP contribution in [0.25, 0.3) is 10.1 Å². The number of nitrogens with two attached hydrogens (primary N) is 1. The maximum atomic E-state index is 13.7. The van der Waals surface area contributed by atoms with E-state index in [4.69, 9.17) is 10.6 Å². The van der Waals surface area contributed by atoms with E-state index in [9.17, 15) is 38.6 Å². The van der Waals surface area contributed by atoms with Gasteiger partial charge in [0, 0.05) is 33.0 Å². The van der Waals surface area contributed by atoms with Gasteiger partial charge in [0.25, 0.3) is 11.8 Å². The van der Waals surface area contributed by atoms with Gasteiger partial charge in [-0.1, -0.05) is 5.16 Å². The summed E-state index contributed by atoms with van der Waals surface area (Å²) in [7, 11) is 0. The molecule has 0 radical (unpaired) electrons. The maximum Gasteiger partial charge on any atom is 1.00 e. The second-order valence-electron chi connectivity index (χ2n) is 9.86. The number of thioether (sulfide) groups is 2. The zero-order chi connectivity index (χ0) is 31.9. The predicted octanol–water partition coefficient (Wildman–Crippen LogP) is -6.11. The third kappa shape index (κ3) is 7.99. The van der Waals surface area contributed by atoms with E-state index in [0.29, 0.717) is 19.9 Å². The topological polar surface area (TPSA) is 207 Å². The zero-order valence-corrected chi connectivity index (χ0v) is 31.9. The molecule has 0 saturated carbocycles. The number of nitrogens with one attached hydrogen (secondary N) is 1. The number of aromatic nitrogens is 1. The number of hydrogen-bond acceptors (Lipinski definition) is 15. The zero-order valence-electron chi connectivity index (χ0n) is 24.7. The van der Waals surface area contributed by atoms with Gasteiger partial charge in [0.1, 0.15) is 22.9 Å². The van der Waals surface area contributed by atoms with Crippen molar-refractivity contribution in [3.63, 3.8) is 0 Å². The Kier molecular flexibility index (Phi) is 12.9. The third-order valence-electron chi connectivity index (χ3n) is 6.42. The molecule has 1 saturated heterocycles. The number of carboxylic acid groups (broad SMARTS) is 2. The molecule has 2 atom stereocenters. The first-order valence-corrected chi connectivity index (χ1v) is 16.2. The second kappa shape index (κ2) is 15.5. The first-order chi connectivity index (χ1) is 20.8. The standard InChI is InChI=1S/C26H22FN5O8S4.2Na/c1-26(2,24(38)39)40-31-17(13-9-43-25(28)29-13)20(34)30-18-21(35)32-19(23(36)37)10(8-42-22(18)32)7-41-16-6-14(33)12-4-3-11(27)5-15(12)44-16;;/h3-6,9,18,22H,7-8H2,1-2H3,(H2,28,29)(H,30,34)(H,36,37)(H,38,39);;/q;2*+1/p-2/b31-17-;;/t18-,22+;;/m1../s1. The number of anilines is 1. The van der Waals surface area contributed by atoms with Crippen molar-refractivity contribution in [2.24, 2.45) is 5.16 Å². The molecule has 230 valence electrons. The van der Waals surface area contributed by atoms with Crippen LogP contribution in [0.15, 0.2) is 55.1 Å². The molecule has 1 fully saturated rings. The monoisotopic (exact) mass is 723 g/mol. The molecule has 1 aromatic carbocycles. The molecule has 4 heterocycles. The SMILES string of the molecule is CC(C)(O/N=C(\C(=O)N[C@@H]1C(=O)N2C(C(=O)[O-])=C(CSc3cc(=O)c4ccc(F)cc4s3)CS[C@@H]12)c1csc(N)n1)C(=O)[O-].[Na+].[Na+]. The molecule has 3 N–H and O–H groups in total. The van der Waals surface area contributed by atoms with Crippen molar-refractivity contribution in [1.82, 2.24) is 15.2 Å². The Balaban J connectivity index is 0.00000288. The summed E-state index contributed by atoms with van der Waals surface area (Å²) in [5, 5.41) is 30.7. The van der Waals surface area contributed by atoms with Crippen LogP contribution in [0.4, 0.5) is 9.52 Å². The van der Waals surface area contributed by atoms with Gasteiger partial charge in [0.15, 0.2) is 21.9 Å². The number of carboxylic acids is 2. The molecular formula is C26H20FN5Na2O8S4. The van der Waals surface area contributed by atoms with E-state index in [0.717, 1.165) is 30.1 Å². The number of thiazole rings is 1. The Morgan fingerprint density at radius 1 is 1.24 bits per heavy atom. The molecule has 20 heteroatoms. The van der Waals surface area contributed by atoms with Crippen LogP contribution in [-0.4, -0.2) is 67.9 Å². The molecule has 2 aliphatic rings. The number of oxime groups is 1. The van der Waals surface area contributed by atoms with Crippen LogP contribution in [0.3, 0.4) is 0 Å². The van der Waals surface area contributed by atoms with E-state index in [2.05, 4.69) is 15.5 Å². The molecule has 0 spiro atoms. The largest absolute Gasteiger partial charge is 1.00 e. The Bertz CT molecular complexity index is 1850. The van der Waals surface area contributed by atoms with Gasteiger partial charge in [-0.15, -0.1) is 46.2 Å². The first-order valence-electron chi connectivity index (χ1n) is 12.5. The van der Waals surface area contributed by atoms with Crippen LogP contribution in [0.1, 0.15) is 19.5 Å². The molecule has 0 unspecified atom stereocenters. The van der Waals surface area contributed by atoms with E-state index >= 15 is 0 Å². The van der Waals surface area contributed by atoms with Gasteiger partial charge in [-0.2, -0.15) is 0 Å². The van der Waals surface area contributed by atoms with Gasteiger partial charge in [-0.3, -0.25) is 19.3 Å². The van der Waals surface area contributed by atoms with Crippen molar-refractivity contribution in [3.8, 4) is 0 Å². The summed E-state index contributed by atoms with van der Waals surface area (Å²) in [6, 6.07) is 4.08. The number of carbonyl (C=O) groups is 4. The van der Waals surface area contributed by atoms with E-state index in [-0.39, 0.29) is 92.6 Å². The number of carbonyl (C=O) groups excluding carboxylic acids is 4. The quantitative estimate of drug-likeness (QED) is 0.0659. The van der Waals surface area contributed by atoms with Crippen LogP contribution >= 0.6 is 46.2 Å². The van der Waals surface area contributed by atoms with E-state index in [1.807, 2.05) is 0 Å². The van der Waals surface area contributed by atoms with Gasteiger partial charge < -0.3 is 35.7 Å². The molecular weight excluding hydrogens is 704 g/mol. The number of nitrogens with zero attached hydrogens (tertiary/aromatic N) is 3. The molecule has 5 rings (SSSR count). The van der Waals surface area contributed by atoms with Gasteiger partial charge in [-0.25, -0.2) is 9.37 Å². The fourth-order valence-corrected chi connectivity index (χ4v) is 8.41. The number of amides is 2. The molecule has 0 aliphatic carbocycles. The number of benzene rings is 1. The number of aliphatic carboxylic acids is 2. The van der Waals surface area contributed by atoms with Crippen molar-refractivity contribution in [2.45, 2.75) is 35.1 Å². The third-order valence-corrected chi connectivity index (χ3v) is 10.8. The Labute approximate surface area is 320 Å². The van der Waals surface area contributed by atoms with Crippen LogP contribution in [0.2, 0.25) is 0 Å². The van der Waals surface area contributed by atoms with Gasteiger partial charge in [-0.05, 0) is 37.6 Å². The van der Waals surface area contributed by atoms with Gasteiger partial charge in [0.2, 0.25) is 0 Å². The predicted molar refractivity (Wildman–Crippen MR) is 159 cm³/mol. The number of β-lactam (4-membered cyclic amide) rings is 1. The fourth-order valence-electron chi connectivity index (χ4n) is 4.13. The van der Waals surface area contributed by atoms with Gasteiger partial charge >= 0.3 is 59.1 Å². The summed E-state index contributed by atoms with van der Waals surface area (Å²) in [5.41, 5.74) is 2.99. The number of nitrogen functional groups attached to an aromatic ring is 1. The normalized spacial score (nSPS) is 17.8. The summed E-state index contributed by atoms with van der Waals surface area (Å²) < 4.78 is 14.7. The van der Waals surface area contributed by atoms with Crippen molar-refractivity contribution in [3.05, 3.63) is 62.7 Å². The van der Waals surface area contributed by atoms with E-state index < -0.39 is 52.3 Å². The van der Waals surface area contributed by atoms with Crippen LogP contribution in [0.5, 0.6) is 0 Å². The van der Waals surface area contributed by atoms with E-state index in [1.54, 1.807) is 0 Å². The average Bonchev–Trinajstić information content (AvgIpc) is 3.39. The van der Waals surface area contributed by atoms with Gasteiger partial charge in [0.05, 0.1) is 21.8 Å². The summed E-state index contributed by atoms with van der Waals surface area (Å²) in [4.78, 5) is 72.4. The molecule has 2 amide bonds. The first kappa shape index (κ1) is 38.4. The molecule has 2 aromatic heterocycles. The average molecular weight is 724 g/mol. The fraction of sp³-hybridized carbons (Fsp3) is 0.269. The van der Waals surface area contributed by atoms with E-state index in [1.165, 1.54) is 64.5 Å². The number of hydrogen-bond donors (Lipinski definition) is 2. The molecule has 2 aliphatic heterocycles. The maximum absolute atomic E-state index is 13.7.